The molecule has 0 amide bonds. The molecule has 0 bridgehead atoms. The molecule has 2 heterocycles. The average molecular weight is 330 g/mol. The topological polar surface area (TPSA) is 34.0 Å². The van der Waals surface area contributed by atoms with Gasteiger partial charge in [-0.1, -0.05) is 29.8 Å². The van der Waals surface area contributed by atoms with Crippen molar-refractivity contribution in [2.24, 2.45) is 0 Å². The number of nitrogens with zero attached hydrogens (tertiary/aromatic N) is 1. The van der Waals surface area contributed by atoms with E-state index in [0.717, 1.165) is 42.5 Å². The maximum atomic E-state index is 12.0. The number of rotatable bonds is 2. The highest BCUT2D eigenvalue weighted by Gasteiger charge is 2.39. The average Bonchev–Trinajstić information content (AvgIpc) is 2.93. The highest BCUT2D eigenvalue weighted by molar-refractivity contribution is 6.30. The molecule has 2 aliphatic heterocycles. The number of hydrogen-bond acceptors (Lipinski definition) is 3. The highest BCUT2D eigenvalue weighted by Crippen LogP contribution is 2.26. The zero-order valence-corrected chi connectivity index (χ0v) is 13.4. The number of hydrogen-bond donors (Lipinski definition) is 1. The number of nitrogens with one attached hydrogen (secondary N) is 1. The maximum absolute atomic E-state index is 12.0. The van der Waals surface area contributed by atoms with E-state index in [9.17, 15) is 4.79 Å². The predicted molar refractivity (Wildman–Crippen MR) is 89.0 cm³/mol. The third-order valence-corrected chi connectivity index (χ3v) is 4.87. The zero-order chi connectivity index (χ0) is 15.8. The number of fused-ring (bicyclic) bond motifs is 1. The number of quaternary nitrogens is 1. The molecule has 1 N–H and O–H groups in total. The van der Waals surface area contributed by atoms with E-state index in [1.54, 1.807) is 0 Å². The van der Waals surface area contributed by atoms with E-state index < -0.39 is 0 Å². The number of ether oxygens (including phenoxy) is 1. The Morgan fingerprint density at radius 1 is 1.09 bits per heavy atom. The van der Waals surface area contributed by atoms with Gasteiger partial charge in [0.25, 0.3) is 6.23 Å². The van der Waals surface area contributed by atoms with E-state index in [1.165, 1.54) is 4.90 Å². The van der Waals surface area contributed by atoms with Gasteiger partial charge >= 0.3 is 5.97 Å². The van der Waals surface area contributed by atoms with Crippen LogP contribution in [0.1, 0.15) is 22.1 Å². The standard InChI is InChI=1S/C18H17ClN2O2/c19-13-4-3-5-14(12-13)20-8-10-21(11-9-20)17-15-6-1-2-7-16(15)18(22)23-17/h1-7,12,17H,8-11H2/p+1/t17-/m0/s1. The van der Waals surface area contributed by atoms with Gasteiger partial charge in [-0.25, -0.2) is 4.79 Å². The van der Waals surface area contributed by atoms with Gasteiger partial charge in [0, 0.05) is 10.7 Å². The molecule has 0 radical (unpaired) electrons. The molecular weight excluding hydrogens is 312 g/mol. The lowest BCUT2D eigenvalue weighted by atomic mass is 10.1. The Morgan fingerprint density at radius 3 is 2.65 bits per heavy atom. The van der Waals surface area contributed by atoms with Crippen molar-refractivity contribution in [1.82, 2.24) is 0 Å². The Labute approximate surface area is 140 Å². The molecule has 4 rings (SSSR count). The third kappa shape index (κ3) is 2.69. The molecule has 1 atom stereocenters. The minimum Gasteiger partial charge on any atom is -0.404 e. The summed E-state index contributed by atoms with van der Waals surface area (Å²) in [5.41, 5.74) is 2.88. The molecule has 0 aromatic heterocycles. The van der Waals surface area contributed by atoms with E-state index in [-0.39, 0.29) is 12.2 Å². The van der Waals surface area contributed by atoms with Crippen molar-refractivity contribution in [3.63, 3.8) is 0 Å². The van der Waals surface area contributed by atoms with E-state index in [4.69, 9.17) is 16.3 Å². The number of halogens is 1. The van der Waals surface area contributed by atoms with Crippen molar-refractivity contribution in [3.8, 4) is 0 Å². The Balaban J connectivity index is 1.47. The molecular formula is C18H18ClN2O2+. The Kier molecular flexibility index (Phi) is 3.71. The fraction of sp³-hybridized carbons (Fsp3) is 0.278. The first-order chi connectivity index (χ1) is 11.2. The molecule has 2 aliphatic rings. The van der Waals surface area contributed by atoms with Gasteiger partial charge in [0.2, 0.25) is 0 Å². The van der Waals surface area contributed by atoms with Gasteiger partial charge in [0.1, 0.15) is 0 Å². The van der Waals surface area contributed by atoms with Crippen LogP contribution < -0.4 is 9.80 Å². The third-order valence-electron chi connectivity index (χ3n) is 4.64. The summed E-state index contributed by atoms with van der Waals surface area (Å²) in [6.45, 7) is 3.70. The monoisotopic (exact) mass is 329 g/mol. The van der Waals surface area contributed by atoms with Gasteiger partial charge in [-0.2, -0.15) is 0 Å². The summed E-state index contributed by atoms with van der Waals surface area (Å²) in [6.07, 6.45) is -0.166. The van der Waals surface area contributed by atoms with Crippen LogP contribution in [0.15, 0.2) is 48.5 Å². The van der Waals surface area contributed by atoms with Gasteiger partial charge < -0.3 is 9.64 Å². The number of esters is 1. The van der Waals surface area contributed by atoms with Crippen LogP contribution in [0.4, 0.5) is 5.69 Å². The molecule has 0 spiro atoms. The Bertz CT molecular complexity index is 741. The molecule has 1 fully saturated rings. The molecule has 1 saturated heterocycles. The van der Waals surface area contributed by atoms with Crippen molar-refractivity contribution in [2.75, 3.05) is 31.1 Å². The number of carbonyl (C=O) groups excluding carboxylic acids is 1. The largest absolute Gasteiger partial charge is 0.404 e. The summed E-state index contributed by atoms with van der Waals surface area (Å²) in [7, 11) is 0. The normalized spacial score (nSPS) is 21.2. The fourth-order valence-electron chi connectivity index (χ4n) is 3.44. The molecule has 2 aromatic rings. The lowest BCUT2D eigenvalue weighted by Gasteiger charge is -2.35. The first kappa shape index (κ1) is 14.5. The number of cyclic esters (lactones) is 1. The van der Waals surface area contributed by atoms with Gasteiger partial charge in [0.15, 0.2) is 0 Å². The van der Waals surface area contributed by atoms with Crippen LogP contribution in [0, 0.1) is 0 Å². The highest BCUT2D eigenvalue weighted by atomic mass is 35.5. The summed E-state index contributed by atoms with van der Waals surface area (Å²) < 4.78 is 5.62. The molecule has 0 aliphatic carbocycles. The van der Waals surface area contributed by atoms with Crippen LogP contribution in [0.3, 0.4) is 0 Å². The van der Waals surface area contributed by atoms with Gasteiger partial charge in [-0.05, 0) is 30.3 Å². The van der Waals surface area contributed by atoms with Crippen LogP contribution in [0.25, 0.3) is 0 Å². The number of piperazine rings is 1. The lowest BCUT2D eigenvalue weighted by Crippen LogP contribution is -3.15. The second-order valence-corrected chi connectivity index (χ2v) is 6.43. The number of benzene rings is 2. The predicted octanol–water partition coefficient (Wildman–Crippen LogP) is 1.91. The van der Waals surface area contributed by atoms with Crippen LogP contribution in [0.5, 0.6) is 0 Å². The van der Waals surface area contributed by atoms with E-state index in [1.807, 2.05) is 42.5 Å². The zero-order valence-electron chi connectivity index (χ0n) is 12.7. The van der Waals surface area contributed by atoms with Crippen molar-refractivity contribution in [3.05, 3.63) is 64.7 Å². The van der Waals surface area contributed by atoms with Crippen LogP contribution in [-0.4, -0.2) is 32.1 Å². The number of carbonyl (C=O) groups is 1. The fourth-order valence-corrected chi connectivity index (χ4v) is 3.62. The Hall–Kier alpha value is -2.04. The molecule has 2 aromatic carbocycles. The molecule has 23 heavy (non-hydrogen) atoms. The Morgan fingerprint density at radius 2 is 1.87 bits per heavy atom. The summed E-state index contributed by atoms with van der Waals surface area (Å²) in [5, 5.41) is 0.760. The summed E-state index contributed by atoms with van der Waals surface area (Å²) in [6, 6.07) is 15.7. The van der Waals surface area contributed by atoms with Crippen molar-refractivity contribution in [1.29, 1.82) is 0 Å². The molecule has 118 valence electrons. The molecule has 0 saturated carbocycles. The van der Waals surface area contributed by atoms with Crippen LogP contribution >= 0.6 is 11.6 Å². The van der Waals surface area contributed by atoms with Crippen LogP contribution in [0.2, 0.25) is 5.02 Å². The smallest absolute Gasteiger partial charge is 0.343 e. The lowest BCUT2D eigenvalue weighted by molar-refractivity contribution is -0.952. The van der Waals surface area contributed by atoms with Crippen molar-refractivity contribution in [2.45, 2.75) is 6.23 Å². The van der Waals surface area contributed by atoms with Crippen molar-refractivity contribution >= 4 is 23.3 Å². The minimum atomic E-state index is -0.199. The summed E-state index contributed by atoms with van der Waals surface area (Å²) in [4.78, 5) is 15.6. The SMILES string of the molecule is O=C1O[C@H]([NH+]2CCN(c3cccc(Cl)c3)CC2)c2ccccc21. The molecule has 5 heteroatoms. The first-order valence-electron chi connectivity index (χ1n) is 7.87. The minimum absolute atomic E-state index is 0.166. The maximum Gasteiger partial charge on any atom is 0.343 e. The van der Waals surface area contributed by atoms with E-state index in [0.29, 0.717) is 5.56 Å². The van der Waals surface area contributed by atoms with Crippen LogP contribution in [-0.2, 0) is 4.74 Å². The van der Waals surface area contributed by atoms with Crippen molar-refractivity contribution < 1.29 is 14.4 Å². The molecule has 0 unspecified atom stereocenters. The van der Waals surface area contributed by atoms with Gasteiger partial charge in [-0.15, -0.1) is 0 Å². The van der Waals surface area contributed by atoms with E-state index >= 15 is 0 Å². The summed E-state index contributed by atoms with van der Waals surface area (Å²) >= 11 is 6.08. The van der Waals surface area contributed by atoms with E-state index in [2.05, 4.69) is 11.0 Å². The van der Waals surface area contributed by atoms with Gasteiger partial charge in [0.05, 0.1) is 37.3 Å². The number of anilines is 1. The summed E-state index contributed by atoms with van der Waals surface area (Å²) in [5.74, 6) is -0.199. The quantitative estimate of drug-likeness (QED) is 0.855. The first-order valence-corrected chi connectivity index (χ1v) is 8.25. The second-order valence-electron chi connectivity index (χ2n) is 6.00. The second kappa shape index (κ2) is 5.87. The van der Waals surface area contributed by atoms with Gasteiger partial charge in [-0.3, -0.25) is 4.90 Å². The molecule has 4 nitrogen and oxygen atoms in total.